The van der Waals surface area contributed by atoms with Gasteiger partial charge in [-0.25, -0.2) is 0 Å². The lowest BCUT2D eigenvalue weighted by molar-refractivity contribution is -0.125. The number of carbonyl (C=O) groups is 1. The second-order valence-electron chi connectivity index (χ2n) is 9.77. The number of nitrogens with zero attached hydrogens (tertiary/aromatic N) is 2. The Morgan fingerprint density at radius 3 is 2.12 bits per heavy atom. The van der Waals surface area contributed by atoms with Crippen molar-refractivity contribution in [2.24, 2.45) is 23.7 Å². The zero-order chi connectivity index (χ0) is 22.8. The van der Waals surface area contributed by atoms with Crippen molar-refractivity contribution < 1.29 is 13.2 Å². The molecule has 0 aromatic heterocycles. The molecule has 1 aromatic carbocycles. The van der Waals surface area contributed by atoms with Crippen LogP contribution in [0.15, 0.2) is 24.3 Å². The van der Waals surface area contributed by atoms with Crippen molar-refractivity contribution in [3.8, 4) is 0 Å². The molecule has 0 radical (unpaired) electrons. The summed E-state index contributed by atoms with van der Waals surface area (Å²) in [4.78, 5) is 13.0. The van der Waals surface area contributed by atoms with E-state index < -0.39 is 10.2 Å². The number of anilines is 1. The Morgan fingerprint density at radius 2 is 1.56 bits per heavy atom. The summed E-state index contributed by atoms with van der Waals surface area (Å²) in [5, 5.41) is 3.74. The minimum atomic E-state index is -4.03. The van der Waals surface area contributed by atoms with Crippen molar-refractivity contribution in [1.82, 2.24) is 9.62 Å². The van der Waals surface area contributed by atoms with Crippen LogP contribution in [0.1, 0.15) is 32.1 Å². The fraction of sp³-hybridized carbons (Fsp3) is 0.591. The van der Waals surface area contributed by atoms with E-state index in [1.54, 1.807) is 0 Å². The molecule has 1 aliphatic heterocycles. The van der Waals surface area contributed by atoms with Crippen molar-refractivity contribution in [1.29, 1.82) is 0 Å². The van der Waals surface area contributed by atoms with Gasteiger partial charge in [-0.05, 0) is 73.5 Å². The summed E-state index contributed by atoms with van der Waals surface area (Å²) in [6.07, 6.45) is 6.06. The molecule has 1 N–H and O–H groups in total. The van der Waals surface area contributed by atoms with Gasteiger partial charge in [-0.3, -0.25) is 9.10 Å². The van der Waals surface area contributed by atoms with E-state index in [0.717, 1.165) is 20.4 Å². The molecule has 10 heteroatoms. The predicted octanol–water partition coefficient (Wildman–Crippen LogP) is 4.51. The summed E-state index contributed by atoms with van der Waals surface area (Å²) in [5.74, 6) is 2.38. The van der Waals surface area contributed by atoms with Gasteiger partial charge >= 0.3 is 10.2 Å². The first kappa shape index (κ1) is 22.8. The molecule has 0 unspecified atom stereocenters. The second-order valence-corrected chi connectivity index (χ2v) is 12.9. The van der Waals surface area contributed by atoms with Gasteiger partial charge in [0.1, 0.15) is 0 Å². The molecule has 0 spiro atoms. The Labute approximate surface area is 204 Å². The lowest BCUT2D eigenvalue weighted by Gasteiger charge is -2.54. The molecule has 6 rings (SSSR count). The molecule has 4 saturated carbocycles. The van der Waals surface area contributed by atoms with Gasteiger partial charge in [0.15, 0.2) is 0 Å². The fourth-order valence-corrected chi connectivity index (χ4v) is 9.26. The van der Waals surface area contributed by atoms with E-state index in [4.69, 9.17) is 34.8 Å². The van der Waals surface area contributed by atoms with Crippen LogP contribution in [0.2, 0.25) is 15.1 Å². The largest absolute Gasteiger partial charge is 0.352 e. The fourth-order valence-electron chi connectivity index (χ4n) is 6.46. The highest BCUT2D eigenvalue weighted by molar-refractivity contribution is 7.90. The average Bonchev–Trinajstić information content (AvgIpc) is 2.67. The summed E-state index contributed by atoms with van der Waals surface area (Å²) >= 11 is 18.6. The monoisotopic (exact) mass is 517 g/mol. The third-order valence-corrected chi connectivity index (χ3v) is 10.1. The summed E-state index contributed by atoms with van der Waals surface area (Å²) in [6, 6.07) is 3.05. The highest BCUT2D eigenvalue weighted by atomic mass is 35.5. The van der Waals surface area contributed by atoms with E-state index in [9.17, 15) is 13.2 Å². The highest BCUT2D eigenvalue weighted by Crippen LogP contribution is 2.53. The summed E-state index contributed by atoms with van der Waals surface area (Å²) in [6.45, 7) is 3.83. The van der Waals surface area contributed by atoms with E-state index in [-0.39, 0.29) is 47.3 Å². The van der Waals surface area contributed by atoms with Crippen molar-refractivity contribution in [3.05, 3.63) is 39.4 Å². The van der Waals surface area contributed by atoms with E-state index in [1.165, 1.54) is 44.2 Å². The highest BCUT2D eigenvalue weighted by Gasteiger charge is 2.49. The van der Waals surface area contributed by atoms with Gasteiger partial charge in [0, 0.05) is 17.6 Å². The normalized spacial score (nSPS) is 33.5. The van der Waals surface area contributed by atoms with Gasteiger partial charge in [-0.15, -0.1) is 0 Å². The van der Waals surface area contributed by atoms with Gasteiger partial charge in [0.05, 0.1) is 28.8 Å². The smallest absolute Gasteiger partial charge is 0.305 e. The molecule has 1 amide bonds. The molecule has 32 heavy (non-hydrogen) atoms. The summed E-state index contributed by atoms with van der Waals surface area (Å²) in [5.41, 5.74) is 0.786. The first-order valence-corrected chi connectivity index (χ1v) is 13.5. The second kappa shape index (κ2) is 8.35. The molecule has 4 aliphatic carbocycles. The van der Waals surface area contributed by atoms with E-state index in [1.807, 2.05) is 0 Å². The van der Waals surface area contributed by atoms with Crippen molar-refractivity contribution in [2.45, 2.75) is 38.1 Å². The van der Waals surface area contributed by atoms with Crippen molar-refractivity contribution in [2.75, 3.05) is 23.9 Å². The average molecular weight is 519 g/mol. The van der Waals surface area contributed by atoms with Crippen LogP contribution in [0.5, 0.6) is 0 Å². The third kappa shape index (κ3) is 4.05. The van der Waals surface area contributed by atoms with E-state index in [2.05, 4.69) is 11.9 Å². The summed E-state index contributed by atoms with van der Waals surface area (Å²) in [7, 11) is -4.03. The standard InChI is InChI=1S/C22H26Cl3N3O3S/c1-12-9-27(32(30,31)28(10-12)22-18(24)7-17(23)8-19(22)25)11-20(29)26-21-15-3-13-2-14(5-15)6-16(21)4-13/h7-8,13-16,21H,1-6,9-11H2,(H,26,29). The molecule has 5 aliphatic rings. The van der Waals surface area contributed by atoms with Crippen LogP contribution in [0.4, 0.5) is 5.69 Å². The Kier molecular flexibility index (Phi) is 5.94. The topological polar surface area (TPSA) is 69.7 Å². The maximum atomic E-state index is 13.4. The molecule has 0 atom stereocenters. The van der Waals surface area contributed by atoms with Crippen molar-refractivity contribution in [3.63, 3.8) is 0 Å². The molecule has 6 nitrogen and oxygen atoms in total. The van der Waals surface area contributed by atoms with Crippen LogP contribution in [0, 0.1) is 23.7 Å². The van der Waals surface area contributed by atoms with Crippen LogP contribution in [0.25, 0.3) is 0 Å². The van der Waals surface area contributed by atoms with Gasteiger partial charge < -0.3 is 5.32 Å². The molecule has 174 valence electrons. The van der Waals surface area contributed by atoms with Gasteiger partial charge in [0.25, 0.3) is 0 Å². The van der Waals surface area contributed by atoms with Crippen LogP contribution >= 0.6 is 34.8 Å². The van der Waals surface area contributed by atoms with Gasteiger partial charge in [-0.1, -0.05) is 41.4 Å². The predicted molar refractivity (Wildman–Crippen MR) is 127 cm³/mol. The first-order chi connectivity index (χ1) is 15.1. The Hall–Kier alpha value is -0.990. The Balaban J connectivity index is 1.33. The number of benzene rings is 1. The van der Waals surface area contributed by atoms with E-state index >= 15 is 0 Å². The SMILES string of the molecule is C=C1CN(CC(=O)NC2C3CC4CC(C3)CC2C4)S(=O)(=O)N(c2c(Cl)cc(Cl)cc2Cl)C1. The maximum absolute atomic E-state index is 13.4. The molecule has 5 fully saturated rings. The number of carbonyl (C=O) groups excluding carboxylic acids is 1. The molecule has 1 heterocycles. The quantitative estimate of drug-likeness (QED) is 0.596. The van der Waals surface area contributed by atoms with Gasteiger partial charge in [0.2, 0.25) is 5.91 Å². The first-order valence-electron chi connectivity index (χ1n) is 11.0. The molecule has 4 bridgehead atoms. The maximum Gasteiger partial charge on any atom is 0.305 e. The number of hydrogen-bond donors (Lipinski definition) is 1. The zero-order valence-electron chi connectivity index (χ0n) is 17.6. The molecular weight excluding hydrogens is 493 g/mol. The van der Waals surface area contributed by atoms with Crippen LogP contribution in [-0.4, -0.2) is 44.3 Å². The summed E-state index contributed by atoms with van der Waals surface area (Å²) < 4.78 is 29.1. The lowest BCUT2D eigenvalue weighted by atomic mass is 9.54. The number of amides is 1. The van der Waals surface area contributed by atoms with Gasteiger partial charge in [-0.2, -0.15) is 12.7 Å². The number of hydrogen-bond acceptors (Lipinski definition) is 3. The van der Waals surface area contributed by atoms with Crippen LogP contribution < -0.4 is 9.62 Å². The Morgan fingerprint density at radius 1 is 1.00 bits per heavy atom. The lowest BCUT2D eigenvalue weighted by Crippen LogP contribution is -2.58. The number of nitrogens with one attached hydrogen (secondary N) is 1. The zero-order valence-corrected chi connectivity index (χ0v) is 20.7. The van der Waals surface area contributed by atoms with E-state index in [0.29, 0.717) is 22.4 Å². The van der Waals surface area contributed by atoms with Crippen LogP contribution in [-0.2, 0) is 15.0 Å². The Bertz CT molecular complexity index is 1030. The number of rotatable bonds is 4. The minimum Gasteiger partial charge on any atom is -0.352 e. The number of halogens is 3. The third-order valence-electron chi connectivity index (χ3n) is 7.48. The van der Waals surface area contributed by atoms with Crippen molar-refractivity contribution >= 4 is 56.6 Å². The molecular formula is C22H26Cl3N3O3S. The minimum absolute atomic E-state index is 0.0388. The molecule has 1 aromatic rings. The molecule has 1 saturated heterocycles. The van der Waals surface area contributed by atoms with Crippen LogP contribution in [0.3, 0.4) is 0 Å².